The fourth-order valence-electron chi connectivity index (χ4n) is 2.31. The topological polar surface area (TPSA) is 85.4 Å². The first-order valence-corrected chi connectivity index (χ1v) is 8.60. The van der Waals surface area contributed by atoms with E-state index in [1.807, 2.05) is 0 Å². The summed E-state index contributed by atoms with van der Waals surface area (Å²) in [6.45, 7) is 0.395. The van der Waals surface area contributed by atoms with Crippen molar-refractivity contribution < 1.29 is 17.6 Å². The molecule has 3 rings (SSSR count). The number of amides is 1. The van der Waals surface area contributed by atoms with Gasteiger partial charge in [-0.15, -0.1) is 0 Å². The van der Waals surface area contributed by atoms with E-state index in [0.29, 0.717) is 18.1 Å². The van der Waals surface area contributed by atoms with E-state index >= 15 is 0 Å². The lowest BCUT2D eigenvalue weighted by molar-refractivity contribution is -0.117. The zero-order chi connectivity index (χ0) is 15.0. The highest BCUT2D eigenvalue weighted by atomic mass is 35.7. The molecule has 2 aromatic rings. The molecule has 0 radical (unpaired) electrons. The third-order valence-electron chi connectivity index (χ3n) is 3.34. The van der Waals surface area contributed by atoms with Crippen molar-refractivity contribution in [2.24, 2.45) is 0 Å². The van der Waals surface area contributed by atoms with Crippen molar-refractivity contribution >= 4 is 31.5 Å². The molecule has 21 heavy (non-hydrogen) atoms. The minimum absolute atomic E-state index is 0.0362. The lowest BCUT2D eigenvalue weighted by Crippen LogP contribution is -2.29. The lowest BCUT2D eigenvalue weighted by Gasteiger charge is -2.17. The Bertz CT molecular complexity index is 753. The minimum Gasteiger partial charge on any atom is -0.467 e. The monoisotopic (exact) mass is 329 g/mol. The number of aromatic nitrogens is 2. The van der Waals surface area contributed by atoms with Crippen molar-refractivity contribution in [3.05, 3.63) is 36.4 Å². The Morgan fingerprint density at radius 1 is 1.43 bits per heavy atom. The third-order valence-corrected chi connectivity index (χ3v) is 5.21. The molecule has 0 spiro atoms. The van der Waals surface area contributed by atoms with Crippen LogP contribution in [0.3, 0.4) is 0 Å². The van der Waals surface area contributed by atoms with Crippen molar-refractivity contribution in [1.29, 1.82) is 0 Å². The highest BCUT2D eigenvalue weighted by molar-refractivity contribution is 8.14. The fraction of sp³-hybridized carbons (Fsp3) is 0.333. The van der Waals surface area contributed by atoms with Crippen LogP contribution < -0.4 is 4.90 Å². The zero-order valence-electron chi connectivity index (χ0n) is 10.8. The number of carbonyl (C=O) groups excluding carboxylic acids is 1. The maximum Gasteiger partial charge on any atom is 0.237 e. The van der Waals surface area contributed by atoms with Gasteiger partial charge in [0.2, 0.25) is 15.0 Å². The van der Waals surface area contributed by atoms with E-state index < -0.39 is 14.3 Å². The summed E-state index contributed by atoms with van der Waals surface area (Å²) in [5.74, 6) is 0.928. The summed E-state index contributed by atoms with van der Waals surface area (Å²) in [5, 5.41) is 3.25. The van der Waals surface area contributed by atoms with Crippen LogP contribution in [0, 0.1) is 0 Å². The number of hydrogen-bond donors (Lipinski definition) is 0. The summed E-state index contributed by atoms with van der Waals surface area (Å²) in [7, 11) is 1.58. The highest BCUT2D eigenvalue weighted by Crippen LogP contribution is 2.26. The van der Waals surface area contributed by atoms with E-state index in [1.54, 1.807) is 35.3 Å². The van der Waals surface area contributed by atoms with Gasteiger partial charge in [-0.25, -0.2) is 13.1 Å². The molecule has 112 valence electrons. The smallest absolute Gasteiger partial charge is 0.237 e. The van der Waals surface area contributed by atoms with E-state index in [-0.39, 0.29) is 18.9 Å². The summed E-state index contributed by atoms with van der Waals surface area (Å²) < 4.78 is 29.6. The van der Waals surface area contributed by atoms with E-state index in [0.717, 1.165) is 0 Å². The molecule has 3 heterocycles. The van der Waals surface area contributed by atoms with E-state index in [9.17, 15) is 13.2 Å². The van der Waals surface area contributed by atoms with Gasteiger partial charge < -0.3 is 4.42 Å². The Kier molecular flexibility index (Phi) is 3.50. The molecule has 0 bridgehead atoms. The molecular weight excluding hydrogens is 318 g/mol. The number of halogens is 1. The Morgan fingerprint density at radius 3 is 2.86 bits per heavy atom. The Hall–Kier alpha value is -1.80. The molecule has 7 nitrogen and oxygen atoms in total. The first-order valence-electron chi connectivity index (χ1n) is 6.23. The SMILES string of the molecule is O=C1CC(S(=O)(=O)Cl)CN1c1ccnn1Cc1ccco1. The number of rotatable bonds is 4. The summed E-state index contributed by atoms with van der Waals surface area (Å²) in [5.41, 5.74) is 0. The van der Waals surface area contributed by atoms with Crippen molar-refractivity contribution in [2.45, 2.75) is 18.2 Å². The van der Waals surface area contributed by atoms with E-state index in [4.69, 9.17) is 15.1 Å². The Morgan fingerprint density at radius 2 is 2.24 bits per heavy atom. The molecule has 1 saturated heterocycles. The molecule has 1 amide bonds. The van der Waals surface area contributed by atoms with Gasteiger partial charge in [-0.1, -0.05) is 0 Å². The van der Waals surface area contributed by atoms with Crippen LogP contribution in [0.15, 0.2) is 35.1 Å². The van der Waals surface area contributed by atoms with Crippen molar-refractivity contribution in [1.82, 2.24) is 9.78 Å². The normalized spacial score (nSPS) is 19.4. The molecule has 1 aliphatic rings. The first-order chi connectivity index (χ1) is 9.95. The number of furan rings is 1. The molecule has 1 aliphatic heterocycles. The second kappa shape index (κ2) is 5.19. The molecule has 0 aliphatic carbocycles. The summed E-state index contributed by atoms with van der Waals surface area (Å²) in [4.78, 5) is 13.4. The van der Waals surface area contributed by atoms with Crippen LogP contribution in [-0.2, 0) is 20.4 Å². The van der Waals surface area contributed by atoms with Crippen molar-refractivity contribution in [3.8, 4) is 0 Å². The summed E-state index contributed by atoms with van der Waals surface area (Å²) >= 11 is 0. The molecule has 1 unspecified atom stereocenters. The molecule has 1 fully saturated rings. The predicted molar refractivity (Wildman–Crippen MR) is 75.6 cm³/mol. The molecule has 9 heteroatoms. The van der Waals surface area contributed by atoms with Gasteiger partial charge in [-0.3, -0.25) is 9.69 Å². The molecule has 0 N–H and O–H groups in total. The zero-order valence-corrected chi connectivity index (χ0v) is 12.4. The van der Waals surface area contributed by atoms with E-state index in [2.05, 4.69) is 5.10 Å². The lowest BCUT2D eigenvalue weighted by atomic mass is 10.4. The quantitative estimate of drug-likeness (QED) is 0.787. The molecular formula is C12H12ClN3O4S. The number of carbonyl (C=O) groups is 1. The molecule has 1 atom stereocenters. The van der Waals surface area contributed by atoms with Gasteiger partial charge in [0.05, 0.1) is 12.5 Å². The Labute approximate surface area is 125 Å². The van der Waals surface area contributed by atoms with Gasteiger partial charge in [0.25, 0.3) is 0 Å². The van der Waals surface area contributed by atoms with Crippen LogP contribution in [0.5, 0.6) is 0 Å². The van der Waals surface area contributed by atoms with Crippen LogP contribution in [0.2, 0.25) is 0 Å². The van der Waals surface area contributed by atoms with Crippen LogP contribution in [0.1, 0.15) is 12.2 Å². The van der Waals surface area contributed by atoms with Crippen molar-refractivity contribution in [3.63, 3.8) is 0 Å². The largest absolute Gasteiger partial charge is 0.467 e. The molecule has 0 saturated carbocycles. The molecule has 2 aromatic heterocycles. The third kappa shape index (κ3) is 2.81. The van der Waals surface area contributed by atoms with Crippen LogP contribution in [-0.4, -0.2) is 35.9 Å². The summed E-state index contributed by atoms with van der Waals surface area (Å²) in [6.07, 6.45) is 2.99. The second-order valence-corrected chi connectivity index (χ2v) is 7.64. The van der Waals surface area contributed by atoms with Crippen LogP contribution in [0.4, 0.5) is 5.82 Å². The van der Waals surface area contributed by atoms with Gasteiger partial charge in [-0.05, 0) is 12.1 Å². The van der Waals surface area contributed by atoms with Crippen molar-refractivity contribution in [2.75, 3.05) is 11.4 Å². The fourth-order valence-corrected chi connectivity index (χ4v) is 3.34. The minimum atomic E-state index is -3.76. The number of anilines is 1. The van der Waals surface area contributed by atoms with E-state index in [1.165, 1.54) is 4.90 Å². The van der Waals surface area contributed by atoms with Gasteiger partial charge in [0.1, 0.15) is 23.4 Å². The average molecular weight is 330 g/mol. The van der Waals surface area contributed by atoms with Crippen LogP contribution >= 0.6 is 10.7 Å². The standard InChI is InChI=1S/C12H12ClN3O4S/c13-21(18,19)10-6-12(17)15(8-10)11-3-4-14-16(11)7-9-2-1-5-20-9/h1-5,10H,6-8H2. The van der Waals surface area contributed by atoms with Gasteiger partial charge in [-0.2, -0.15) is 5.10 Å². The maximum absolute atomic E-state index is 12.0. The average Bonchev–Trinajstić information content (AvgIpc) is 3.09. The van der Waals surface area contributed by atoms with Crippen LogP contribution in [0.25, 0.3) is 0 Å². The van der Waals surface area contributed by atoms with Gasteiger partial charge >= 0.3 is 0 Å². The summed E-state index contributed by atoms with van der Waals surface area (Å²) in [6, 6.07) is 5.21. The van der Waals surface area contributed by atoms with Gasteiger partial charge in [0.15, 0.2) is 0 Å². The second-order valence-electron chi connectivity index (χ2n) is 4.73. The first kappa shape index (κ1) is 14.2. The highest BCUT2D eigenvalue weighted by Gasteiger charge is 2.39. The molecule has 0 aromatic carbocycles. The Balaban J connectivity index is 1.85. The van der Waals surface area contributed by atoms with Gasteiger partial charge in [0, 0.05) is 29.7 Å². The number of hydrogen-bond acceptors (Lipinski definition) is 5. The number of nitrogens with zero attached hydrogens (tertiary/aromatic N) is 3. The predicted octanol–water partition coefficient (Wildman–Crippen LogP) is 1.20. The maximum atomic E-state index is 12.0.